The van der Waals surface area contributed by atoms with Crippen molar-refractivity contribution in [2.45, 2.75) is 51.7 Å². The van der Waals surface area contributed by atoms with Crippen LogP contribution >= 0.6 is 0 Å². The highest BCUT2D eigenvalue weighted by molar-refractivity contribution is 5.34. The van der Waals surface area contributed by atoms with E-state index in [1.54, 1.807) is 14.2 Å². The standard InChI is InChI=1S/C19H30O5/c1-12-14-10-19(20,15(17(12)22-5)9-18(14,2)3)16-8-13(6-7-23-16)24-11-21-4/h8,13-15,20H,6-7,9-11H2,1-5H3/t13-,14+,15-,19+/m1/s1. The lowest BCUT2D eigenvalue weighted by Gasteiger charge is -2.56. The second-order valence-electron chi connectivity index (χ2n) is 7.96. The first-order valence-electron chi connectivity index (χ1n) is 8.76. The van der Waals surface area contributed by atoms with Crippen LogP contribution in [-0.4, -0.2) is 44.4 Å². The molecule has 0 aromatic heterocycles. The topological polar surface area (TPSA) is 57.2 Å². The Balaban J connectivity index is 1.92. The maximum atomic E-state index is 11.6. The number of hydrogen-bond acceptors (Lipinski definition) is 5. The lowest BCUT2D eigenvalue weighted by atomic mass is 9.52. The van der Waals surface area contributed by atoms with Gasteiger partial charge in [-0.25, -0.2) is 0 Å². The van der Waals surface area contributed by atoms with Crippen LogP contribution in [0.4, 0.5) is 0 Å². The Kier molecular flexibility index (Phi) is 4.71. The molecule has 0 unspecified atom stereocenters. The number of allylic oxidation sites excluding steroid dienone is 1. The first-order chi connectivity index (χ1) is 11.3. The van der Waals surface area contributed by atoms with Gasteiger partial charge < -0.3 is 24.1 Å². The highest BCUT2D eigenvalue weighted by atomic mass is 16.7. The molecule has 1 heterocycles. The smallest absolute Gasteiger partial charge is 0.147 e. The summed E-state index contributed by atoms with van der Waals surface area (Å²) in [7, 11) is 3.31. The fraction of sp³-hybridized carbons (Fsp3) is 0.789. The van der Waals surface area contributed by atoms with Crippen molar-refractivity contribution < 1.29 is 24.1 Å². The highest BCUT2D eigenvalue weighted by Gasteiger charge is 2.59. The van der Waals surface area contributed by atoms with Crippen LogP contribution in [0.3, 0.4) is 0 Å². The van der Waals surface area contributed by atoms with E-state index in [-0.39, 0.29) is 30.1 Å². The maximum absolute atomic E-state index is 11.6. The van der Waals surface area contributed by atoms with Gasteiger partial charge in [-0.1, -0.05) is 13.8 Å². The van der Waals surface area contributed by atoms with Gasteiger partial charge in [0, 0.05) is 13.5 Å². The molecule has 136 valence electrons. The molecule has 5 nitrogen and oxygen atoms in total. The van der Waals surface area contributed by atoms with Crippen molar-refractivity contribution in [3.63, 3.8) is 0 Å². The Morgan fingerprint density at radius 1 is 1.25 bits per heavy atom. The summed E-state index contributed by atoms with van der Waals surface area (Å²) < 4.78 is 22.2. The number of rotatable bonds is 5. The van der Waals surface area contributed by atoms with Crippen molar-refractivity contribution in [3.8, 4) is 0 Å². The van der Waals surface area contributed by atoms with E-state index in [1.807, 2.05) is 6.08 Å². The summed E-state index contributed by atoms with van der Waals surface area (Å²) in [6.45, 7) is 7.49. The predicted octanol–water partition coefficient (Wildman–Crippen LogP) is 3.00. The average molecular weight is 338 g/mol. The number of aliphatic hydroxyl groups is 1. The minimum absolute atomic E-state index is 0.0741. The van der Waals surface area contributed by atoms with Gasteiger partial charge in [0.2, 0.25) is 0 Å². The van der Waals surface area contributed by atoms with Gasteiger partial charge in [-0.2, -0.15) is 0 Å². The molecule has 4 rings (SSSR count). The van der Waals surface area contributed by atoms with Crippen molar-refractivity contribution in [2.75, 3.05) is 27.6 Å². The van der Waals surface area contributed by atoms with Crippen LogP contribution in [0.5, 0.6) is 0 Å². The van der Waals surface area contributed by atoms with Crippen LogP contribution in [-0.2, 0) is 18.9 Å². The van der Waals surface area contributed by atoms with Crippen LogP contribution in [0.1, 0.15) is 40.0 Å². The molecule has 1 aliphatic heterocycles. The Bertz CT molecular complexity index is 550. The summed E-state index contributed by atoms with van der Waals surface area (Å²) in [6.07, 6.45) is 4.18. The third-order valence-corrected chi connectivity index (χ3v) is 6.04. The van der Waals surface area contributed by atoms with Crippen molar-refractivity contribution in [3.05, 3.63) is 23.2 Å². The molecule has 5 heteroatoms. The molecule has 1 N–H and O–H groups in total. The van der Waals surface area contributed by atoms with Gasteiger partial charge in [0.05, 0.1) is 25.7 Å². The number of ether oxygens (including phenoxy) is 4. The zero-order valence-electron chi connectivity index (χ0n) is 15.4. The van der Waals surface area contributed by atoms with Gasteiger partial charge in [-0.15, -0.1) is 0 Å². The zero-order chi connectivity index (χ0) is 17.5. The Morgan fingerprint density at radius 3 is 2.67 bits per heavy atom. The third kappa shape index (κ3) is 2.76. The Labute approximate surface area is 144 Å². The number of methoxy groups -OCH3 is 2. The third-order valence-electron chi connectivity index (χ3n) is 6.04. The lowest BCUT2D eigenvalue weighted by Crippen LogP contribution is -2.56. The van der Waals surface area contributed by atoms with E-state index in [9.17, 15) is 5.11 Å². The van der Waals surface area contributed by atoms with Crippen LogP contribution in [0.15, 0.2) is 23.2 Å². The van der Waals surface area contributed by atoms with Gasteiger partial charge >= 0.3 is 0 Å². The molecule has 0 aromatic carbocycles. The molecule has 0 saturated heterocycles. The Morgan fingerprint density at radius 2 is 2.00 bits per heavy atom. The van der Waals surface area contributed by atoms with Crippen LogP contribution in [0, 0.1) is 17.3 Å². The van der Waals surface area contributed by atoms with Crippen molar-refractivity contribution >= 4 is 0 Å². The van der Waals surface area contributed by atoms with E-state index in [4.69, 9.17) is 18.9 Å². The predicted molar refractivity (Wildman–Crippen MR) is 90.1 cm³/mol. The van der Waals surface area contributed by atoms with Gasteiger partial charge in [-0.3, -0.25) is 0 Å². The summed E-state index contributed by atoms with van der Waals surface area (Å²) in [6, 6.07) is 0. The second kappa shape index (κ2) is 6.36. The van der Waals surface area contributed by atoms with Gasteiger partial charge in [-0.05, 0) is 42.7 Å². The highest BCUT2D eigenvalue weighted by Crippen LogP contribution is 2.60. The molecular formula is C19H30O5. The maximum Gasteiger partial charge on any atom is 0.147 e. The molecule has 0 spiro atoms. The van der Waals surface area contributed by atoms with Crippen LogP contribution < -0.4 is 0 Å². The summed E-state index contributed by atoms with van der Waals surface area (Å²) in [5.41, 5.74) is 0.414. The lowest BCUT2D eigenvalue weighted by molar-refractivity contribution is -0.129. The summed E-state index contributed by atoms with van der Waals surface area (Å²) >= 11 is 0. The van der Waals surface area contributed by atoms with Crippen molar-refractivity contribution in [1.82, 2.24) is 0 Å². The zero-order valence-corrected chi connectivity index (χ0v) is 15.4. The van der Waals surface area contributed by atoms with E-state index in [0.29, 0.717) is 18.8 Å². The second-order valence-corrected chi connectivity index (χ2v) is 7.96. The number of hydrogen-bond donors (Lipinski definition) is 1. The molecule has 0 amide bonds. The largest absolute Gasteiger partial charge is 0.501 e. The first-order valence-corrected chi connectivity index (χ1v) is 8.76. The van der Waals surface area contributed by atoms with Crippen LogP contribution in [0.25, 0.3) is 0 Å². The summed E-state index contributed by atoms with van der Waals surface area (Å²) in [5, 5.41) is 11.6. The summed E-state index contributed by atoms with van der Waals surface area (Å²) in [4.78, 5) is 0. The molecule has 1 fully saturated rings. The fourth-order valence-corrected chi connectivity index (χ4v) is 4.78. The normalized spacial score (nSPS) is 37.9. The van der Waals surface area contributed by atoms with E-state index < -0.39 is 5.60 Å². The first kappa shape index (κ1) is 17.8. The molecule has 4 atom stereocenters. The molecule has 1 saturated carbocycles. The number of fused-ring (bicyclic) bond motifs is 2. The minimum atomic E-state index is -1.01. The van der Waals surface area contributed by atoms with Gasteiger partial charge in [0.25, 0.3) is 0 Å². The molecule has 0 aromatic rings. The van der Waals surface area contributed by atoms with E-state index >= 15 is 0 Å². The summed E-state index contributed by atoms with van der Waals surface area (Å²) in [5.74, 6) is 1.78. The Hall–Kier alpha value is -1.04. The monoisotopic (exact) mass is 338 g/mol. The van der Waals surface area contributed by atoms with E-state index in [1.165, 1.54) is 5.57 Å². The van der Waals surface area contributed by atoms with Gasteiger partial charge in [0.15, 0.2) is 0 Å². The molecule has 4 aliphatic rings. The minimum Gasteiger partial charge on any atom is -0.501 e. The van der Waals surface area contributed by atoms with Crippen LogP contribution in [0.2, 0.25) is 0 Å². The molecule has 0 radical (unpaired) electrons. The molecule has 2 bridgehead atoms. The van der Waals surface area contributed by atoms with E-state index in [0.717, 1.165) is 18.6 Å². The molecule has 3 aliphatic carbocycles. The average Bonchev–Trinajstić information content (AvgIpc) is 2.55. The molecule has 24 heavy (non-hydrogen) atoms. The van der Waals surface area contributed by atoms with Crippen molar-refractivity contribution in [1.29, 1.82) is 0 Å². The SMILES string of the molecule is COCO[C@H]1C=C([C@]2(O)C[C@H]3C(C)=C(OC)[C@H]2CC3(C)C)OCC1. The quantitative estimate of drug-likeness (QED) is 0.781. The van der Waals surface area contributed by atoms with Crippen molar-refractivity contribution in [2.24, 2.45) is 17.3 Å². The molecular weight excluding hydrogens is 308 g/mol. The fourth-order valence-electron chi connectivity index (χ4n) is 4.78. The van der Waals surface area contributed by atoms with Gasteiger partial charge in [0.1, 0.15) is 23.9 Å². The van der Waals surface area contributed by atoms with E-state index in [2.05, 4.69) is 20.8 Å².